The third-order valence-corrected chi connectivity index (χ3v) is 4.07. The minimum absolute atomic E-state index is 0.0174. The van der Waals surface area contributed by atoms with Gasteiger partial charge in [0.1, 0.15) is 12.1 Å². The molecule has 1 heterocycles. The number of aryl methyl sites for hydroxylation is 1. The van der Waals surface area contributed by atoms with Crippen LogP contribution in [-0.4, -0.2) is 27.4 Å². The van der Waals surface area contributed by atoms with Crippen molar-refractivity contribution in [3.63, 3.8) is 0 Å². The molecule has 0 spiro atoms. The maximum Gasteiger partial charge on any atom is 0.329 e. The Morgan fingerprint density at radius 3 is 2.40 bits per heavy atom. The molecule has 2 aromatic rings. The predicted molar refractivity (Wildman–Crippen MR) is 93.6 cm³/mol. The molecule has 134 valence electrons. The molecule has 2 N–H and O–H groups in total. The van der Waals surface area contributed by atoms with Crippen LogP contribution in [0.4, 0.5) is 0 Å². The molecule has 2 rings (SSSR count). The molecule has 1 aromatic heterocycles. The summed E-state index contributed by atoms with van der Waals surface area (Å²) in [5.74, 6) is -1.05. The highest BCUT2D eigenvalue weighted by Crippen LogP contribution is 2.30. The molecule has 1 aromatic carbocycles. The number of carbonyl (C=O) groups excluding carboxylic acids is 1. The number of hydrogen-bond acceptors (Lipinski definition) is 5. The SMILES string of the molecule is CCOC(=O)C(CC)n1ccc(=O)c(O)c1C(O)c1ccc(C)cc1. The van der Waals surface area contributed by atoms with Crippen LogP contribution >= 0.6 is 0 Å². The lowest BCUT2D eigenvalue weighted by Crippen LogP contribution is -2.27. The summed E-state index contributed by atoms with van der Waals surface area (Å²) in [7, 11) is 0. The summed E-state index contributed by atoms with van der Waals surface area (Å²) < 4.78 is 6.49. The molecule has 2 atom stereocenters. The van der Waals surface area contributed by atoms with Gasteiger partial charge in [0.2, 0.25) is 5.43 Å². The number of nitrogens with zero attached hydrogens (tertiary/aromatic N) is 1. The van der Waals surface area contributed by atoms with Crippen molar-refractivity contribution in [3.8, 4) is 5.75 Å². The van der Waals surface area contributed by atoms with Crippen LogP contribution in [0.3, 0.4) is 0 Å². The van der Waals surface area contributed by atoms with Gasteiger partial charge in [-0.15, -0.1) is 0 Å². The quantitative estimate of drug-likeness (QED) is 0.785. The molecule has 0 fully saturated rings. The highest BCUT2D eigenvalue weighted by atomic mass is 16.5. The van der Waals surface area contributed by atoms with E-state index in [-0.39, 0.29) is 12.3 Å². The molecule has 0 bridgehead atoms. The third kappa shape index (κ3) is 3.91. The lowest BCUT2D eigenvalue weighted by molar-refractivity contribution is -0.147. The highest BCUT2D eigenvalue weighted by Gasteiger charge is 2.27. The van der Waals surface area contributed by atoms with E-state index in [1.54, 1.807) is 26.0 Å². The van der Waals surface area contributed by atoms with Crippen molar-refractivity contribution in [3.05, 3.63) is 63.6 Å². The summed E-state index contributed by atoms with van der Waals surface area (Å²) in [6, 6.07) is 7.50. The fourth-order valence-corrected chi connectivity index (χ4v) is 2.72. The van der Waals surface area contributed by atoms with E-state index in [1.165, 1.54) is 16.8 Å². The van der Waals surface area contributed by atoms with Gasteiger partial charge in [-0.25, -0.2) is 4.79 Å². The minimum atomic E-state index is -1.25. The second-order valence-corrected chi connectivity index (χ2v) is 5.81. The number of aromatic nitrogens is 1. The highest BCUT2D eigenvalue weighted by molar-refractivity contribution is 5.74. The molecule has 25 heavy (non-hydrogen) atoms. The van der Waals surface area contributed by atoms with Gasteiger partial charge in [0.25, 0.3) is 0 Å². The fraction of sp³-hybridized carbons (Fsp3) is 0.368. The Balaban J connectivity index is 2.59. The zero-order valence-electron chi connectivity index (χ0n) is 14.6. The number of carbonyl (C=O) groups is 1. The van der Waals surface area contributed by atoms with E-state index in [0.717, 1.165) is 5.56 Å². The summed E-state index contributed by atoms with van der Waals surface area (Å²) in [5, 5.41) is 21.0. The van der Waals surface area contributed by atoms with Gasteiger partial charge in [0.15, 0.2) is 5.75 Å². The molecular weight excluding hydrogens is 322 g/mol. The number of aromatic hydroxyl groups is 1. The summed E-state index contributed by atoms with van der Waals surface area (Å²) in [6.07, 6.45) is 0.534. The van der Waals surface area contributed by atoms with Crippen LogP contribution in [0.5, 0.6) is 5.75 Å². The average Bonchev–Trinajstić information content (AvgIpc) is 2.59. The third-order valence-electron chi connectivity index (χ3n) is 4.07. The second kappa shape index (κ2) is 7.98. The number of pyridine rings is 1. The van der Waals surface area contributed by atoms with Gasteiger partial charge in [-0.1, -0.05) is 36.8 Å². The van der Waals surface area contributed by atoms with Crippen molar-refractivity contribution in [1.29, 1.82) is 0 Å². The van der Waals surface area contributed by atoms with Crippen molar-refractivity contribution < 1.29 is 19.7 Å². The minimum Gasteiger partial charge on any atom is -0.503 e. The van der Waals surface area contributed by atoms with Gasteiger partial charge in [0.05, 0.1) is 12.3 Å². The second-order valence-electron chi connectivity index (χ2n) is 5.81. The maximum atomic E-state index is 12.2. The topological polar surface area (TPSA) is 88.8 Å². The molecule has 0 saturated heterocycles. The Bertz CT molecular complexity index is 794. The monoisotopic (exact) mass is 345 g/mol. The Labute approximate surface area is 146 Å². The van der Waals surface area contributed by atoms with E-state index in [4.69, 9.17) is 4.74 Å². The zero-order chi connectivity index (χ0) is 18.6. The van der Waals surface area contributed by atoms with Gasteiger partial charge < -0.3 is 19.5 Å². The molecule has 0 aliphatic heterocycles. The van der Waals surface area contributed by atoms with Crippen molar-refractivity contribution in [2.24, 2.45) is 0 Å². The van der Waals surface area contributed by atoms with Crippen LogP contribution in [0, 0.1) is 6.92 Å². The van der Waals surface area contributed by atoms with Crippen molar-refractivity contribution in [2.45, 2.75) is 39.3 Å². The zero-order valence-corrected chi connectivity index (χ0v) is 14.6. The summed E-state index contributed by atoms with van der Waals surface area (Å²) in [4.78, 5) is 24.1. The van der Waals surface area contributed by atoms with Crippen molar-refractivity contribution in [2.75, 3.05) is 6.61 Å². The van der Waals surface area contributed by atoms with E-state index < -0.39 is 29.3 Å². The number of hydrogen-bond donors (Lipinski definition) is 2. The summed E-state index contributed by atoms with van der Waals surface area (Å²) in [5.41, 5.74) is 0.898. The van der Waals surface area contributed by atoms with Gasteiger partial charge in [-0.05, 0) is 25.8 Å². The van der Waals surface area contributed by atoms with Gasteiger partial charge in [-0.2, -0.15) is 0 Å². The molecule has 0 radical (unpaired) electrons. The lowest BCUT2D eigenvalue weighted by atomic mass is 10.0. The smallest absolute Gasteiger partial charge is 0.329 e. The maximum absolute atomic E-state index is 12.2. The first-order valence-corrected chi connectivity index (χ1v) is 8.25. The van der Waals surface area contributed by atoms with E-state index in [2.05, 4.69) is 0 Å². The standard InChI is InChI=1S/C19H23NO5/c1-4-14(19(24)25-5-2)20-11-10-15(21)18(23)16(20)17(22)13-8-6-12(3)7-9-13/h6-11,14,17,22-23H,4-5H2,1-3H3. The Hall–Kier alpha value is -2.60. The van der Waals surface area contributed by atoms with Crippen LogP contribution in [-0.2, 0) is 9.53 Å². The van der Waals surface area contributed by atoms with Crippen LogP contribution in [0.15, 0.2) is 41.3 Å². The Kier molecular flexibility index (Phi) is 5.98. The number of aliphatic hydroxyl groups is 1. The molecule has 6 heteroatoms. The van der Waals surface area contributed by atoms with Crippen molar-refractivity contribution >= 4 is 5.97 Å². The largest absolute Gasteiger partial charge is 0.503 e. The van der Waals surface area contributed by atoms with Gasteiger partial charge >= 0.3 is 5.97 Å². The van der Waals surface area contributed by atoms with Crippen molar-refractivity contribution in [1.82, 2.24) is 4.57 Å². The molecular formula is C19H23NO5. The van der Waals surface area contributed by atoms with E-state index in [1.807, 2.05) is 19.1 Å². The normalized spacial score (nSPS) is 13.3. The van der Waals surface area contributed by atoms with Crippen LogP contribution in [0.25, 0.3) is 0 Å². The van der Waals surface area contributed by atoms with Gasteiger partial charge in [0, 0.05) is 12.3 Å². The first kappa shape index (κ1) is 18.7. The van der Waals surface area contributed by atoms with Gasteiger partial charge in [-0.3, -0.25) is 4.79 Å². The van der Waals surface area contributed by atoms with E-state index in [9.17, 15) is 19.8 Å². The molecule has 0 aliphatic carbocycles. The number of rotatable bonds is 6. The lowest BCUT2D eigenvalue weighted by Gasteiger charge is -2.24. The fourth-order valence-electron chi connectivity index (χ4n) is 2.72. The molecule has 6 nitrogen and oxygen atoms in total. The molecule has 0 saturated carbocycles. The number of esters is 1. The van der Waals surface area contributed by atoms with E-state index in [0.29, 0.717) is 12.0 Å². The Morgan fingerprint density at radius 2 is 1.84 bits per heavy atom. The predicted octanol–water partition coefficient (Wildman–Crippen LogP) is 2.46. The summed E-state index contributed by atoms with van der Waals surface area (Å²) >= 11 is 0. The molecule has 0 amide bonds. The Morgan fingerprint density at radius 1 is 1.20 bits per heavy atom. The number of ether oxygens (including phenoxy) is 1. The van der Waals surface area contributed by atoms with Crippen LogP contribution in [0.1, 0.15) is 49.2 Å². The van der Waals surface area contributed by atoms with Crippen LogP contribution in [0.2, 0.25) is 0 Å². The molecule has 2 unspecified atom stereocenters. The average molecular weight is 345 g/mol. The first-order valence-electron chi connectivity index (χ1n) is 8.25. The van der Waals surface area contributed by atoms with E-state index >= 15 is 0 Å². The number of benzene rings is 1. The summed E-state index contributed by atoms with van der Waals surface area (Å²) in [6.45, 7) is 5.63. The first-order chi connectivity index (χ1) is 11.9. The molecule has 0 aliphatic rings. The van der Waals surface area contributed by atoms with Crippen LogP contribution < -0.4 is 5.43 Å². The number of aliphatic hydroxyl groups excluding tert-OH is 1.